The molecule has 1 heterocycles. The molecule has 2 fully saturated rings. The Morgan fingerprint density at radius 3 is 2.29 bits per heavy atom. The third kappa shape index (κ3) is 2.30. The Labute approximate surface area is 112 Å². The number of nitrogens with one attached hydrogen (secondary N) is 1. The molecule has 17 heavy (non-hydrogen) atoms. The second-order valence-corrected chi connectivity index (χ2v) is 6.67. The number of benzene rings is 1. The molecule has 1 saturated carbocycles. The van der Waals surface area contributed by atoms with Gasteiger partial charge in [0.15, 0.2) is 0 Å². The van der Waals surface area contributed by atoms with Crippen molar-refractivity contribution in [3.8, 4) is 0 Å². The molecule has 1 nitrogen and oxygen atoms in total. The summed E-state index contributed by atoms with van der Waals surface area (Å²) in [6, 6.07) is 8.89. The van der Waals surface area contributed by atoms with E-state index in [0.717, 1.165) is 5.92 Å². The lowest BCUT2D eigenvalue weighted by Crippen LogP contribution is -2.58. The fraction of sp³-hybridized carbons (Fsp3) is 0.600. The highest BCUT2D eigenvalue weighted by Crippen LogP contribution is 2.44. The van der Waals surface area contributed by atoms with Gasteiger partial charge in [0, 0.05) is 23.0 Å². The second-order valence-electron chi connectivity index (χ2n) is 5.75. The monoisotopic (exact) mass is 293 g/mol. The maximum Gasteiger partial charge on any atom is 0.0175 e. The molecule has 0 radical (unpaired) electrons. The van der Waals surface area contributed by atoms with Crippen molar-refractivity contribution in [2.45, 2.75) is 32.1 Å². The number of hydrogen-bond acceptors (Lipinski definition) is 1. The molecule has 1 aromatic rings. The Morgan fingerprint density at radius 1 is 1.12 bits per heavy atom. The molecule has 1 aromatic carbocycles. The topological polar surface area (TPSA) is 12.0 Å². The number of rotatable bonds is 3. The average molecular weight is 294 g/mol. The molecule has 3 rings (SSSR count). The first-order valence-corrected chi connectivity index (χ1v) is 7.53. The Morgan fingerprint density at radius 2 is 1.76 bits per heavy atom. The summed E-state index contributed by atoms with van der Waals surface area (Å²) in [6.07, 6.45) is 7.08. The summed E-state index contributed by atoms with van der Waals surface area (Å²) in [5.74, 6) is 0.965. The average Bonchev–Trinajstić information content (AvgIpc) is 2.80. The molecule has 0 spiro atoms. The molecule has 1 aliphatic heterocycles. The van der Waals surface area contributed by atoms with Crippen LogP contribution in [0.1, 0.15) is 31.2 Å². The lowest BCUT2D eigenvalue weighted by Gasteiger charge is -2.48. The van der Waals surface area contributed by atoms with Crippen LogP contribution in [0, 0.1) is 11.3 Å². The lowest BCUT2D eigenvalue weighted by molar-refractivity contribution is 0.0812. The molecule has 0 unspecified atom stereocenters. The van der Waals surface area contributed by atoms with E-state index in [1.807, 2.05) is 0 Å². The van der Waals surface area contributed by atoms with Crippen molar-refractivity contribution in [3.63, 3.8) is 0 Å². The van der Waals surface area contributed by atoms with Gasteiger partial charge in [-0.1, -0.05) is 40.9 Å². The standard InChI is InChI=1S/C15H20BrN/c16-14-7-5-12(6-8-14)9-15(10-17-11-15)13-3-1-2-4-13/h5-8,13,17H,1-4,9-11H2. The third-order valence-electron chi connectivity index (χ3n) is 4.64. The second kappa shape index (κ2) is 4.74. The van der Waals surface area contributed by atoms with Crippen molar-refractivity contribution >= 4 is 15.9 Å². The van der Waals surface area contributed by atoms with Crippen molar-refractivity contribution in [2.24, 2.45) is 11.3 Å². The Hall–Kier alpha value is -0.340. The van der Waals surface area contributed by atoms with Crippen LogP contribution in [0.3, 0.4) is 0 Å². The first kappa shape index (κ1) is 11.7. The fourth-order valence-electron chi connectivity index (χ4n) is 3.55. The van der Waals surface area contributed by atoms with E-state index >= 15 is 0 Å². The van der Waals surface area contributed by atoms with Crippen molar-refractivity contribution in [2.75, 3.05) is 13.1 Å². The highest BCUT2D eigenvalue weighted by Gasteiger charge is 2.44. The van der Waals surface area contributed by atoms with Gasteiger partial charge in [0.25, 0.3) is 0 Å². The summed E-state index contributed by atoms with van der Waals surface area (Å²) in [4.78, 5) is 0. The van der Waals surface area contributed by atoms with Gasteiger partial charge in [0.2, 0.25) is 0 Å². The highest BCUT2D eigenvalue weighted by molar-refractivity contribution is 9.10. The Kier molecular flexibility index (Phi) is 3.27. The van der Waals surface area contributed by atoms with E-state index in [4.69, 9.17) is 0 Å². The molecule has 92 valence electrons. The quantitative estimate of drug-likeness (QED) is 0.894. The highest BCUT2D eigenvalue weighted by atomic mass is 79.9. The van der Waals surface area contributed by atoms with Crippen molar-refractivity contribution in [1.82, 2.24) is 5.32 Å². The van der Waals surface area contributed by atoms with E-state index in [1.165, 1.54) is 55.2 Å². The van der Waals surface area contributed by atoms with E-state index in [2.05, 4.69) is 45.5 Å². The first-order valence-electron chi connectivity index (χ1n) is 6.74. The molecule has 0 amide bonds. The first-order chi connectivity index (χ1) is 8.28. The summed E-state index contributed by atoms with van der Waals surface area (Å²) in [5, 5.41) is 3.50. The molecular formula is C15H20BrN. The van der Waals surface area contributed by atoms with E-state index in [9.17, 15) is 0 Å². The van der Waals surface area contributed by atoms with Gasteiger partial charge >= 0.3 is 0 Å². The van der Waals surface area contributed by atoms with Crippen LogP contribution in [0.4, 0.5) is 0 Å². The predicted molar refractivity (Wildman–Crippen MR) is 75.1 cm³/mol. The molecule has 0 bridgehead atoms. The number of halogens is 1. The van der Waals surface area contributed by atoms with Crippen LogP contribution in [0.15, 0.2) is 28.7 Å². The molecule has 2 aliphatic rings. The number of hydrogen-bond donors (Lipinski definition) is 1. The van der Waals surface area contributed by atoms with Gasteiger partial charge in [-0.15, -0.1) is 0 Å². The van der Waals surface area contributed by atoms with Gasteiger partial charge in [-0.3, -0.25) is 0 Å². The van der Waals surface area contributed by atoms with Gasteiger partial charge in [0.1, 0.15) is 0 Å². The molecule has 2 heteroatoms. The van der Waals surface area contributed by atoms with Crippen LogP contribution in [0.2, 0.25) is 0 Å². The van der Waals surface area contributed by atoms with Crippen LogP contribution in [0.25, 0.3) is 0 Å². The molecule has 0 aromatic heterocycles. The van der Waals surface area contributed by atoms with E-state index in [0.29, 0.717) is 5.41 Å². The smallest absolute Gasteiger partial charge is 0.0175 e. The van der Waals surface area contributed by atoms with Crippen molar-refractivity contribution in [1.29, 1.82) is 0 Å². The SMILES string of the molecule is Brc1ccc(CC2(C3CCCC3)CNC2)cc1. The summed E-state index contributed by atoms with van der Waals surface area (Å²) in [5.41, 5.74) is 2.08. The van der Waals surface area contributed by atoms with Crippen molar-refractivity contribution in [3.05, 3.63) is 34.3 Å². The summed E-state index contributed by atoms with van der Waals surface area (Å²) >= 11 is 3.51. The molecule has 1 aliphatic carbocycles. The molecular weight excluding hydrogens is 274 g/mol. The minimum absolute atomic E-state index is 0.574. The normalized spacial score (nSPS) is 23.6. The van der Waals surface area contributed by atoms with Gasteiger partial charge in [-0.25, -0.2) is 0 Å². The summed E-state index contributed by atoms with van der Waals surface area (Å²) in [6.45, 7) is 2.46. The minimum Gasteiger partial charge on any atom is -0.315 e. The van der Waals surface area contributed by atoms with Gasteiger partial charge in [0.05, 0.1) is 0 Å². The zero-order valence-electron chi connectivity index (χ0n) is 10.2. The van der Waals surface area contributed by atoms with Gasteiger partial charge in [-0.2, -0.15) is 0 Å². The molecule has 1 N–H and O–H groups in total. The molecule has 1 saturated heterocycles. The van der Waals surface area contributed by atoms with E-state index in [1.54, 1.807) is 0 Å². The van der Waals surface area contributed by atoms with Gasteiger partial charge in [-0.05, 0) is 42.9 Å². The van der Waals surface area contributed by atoms with Crippen LogP contribution >= 0.6 is 15.9 Å². The van der Waals surface area contributed by atoms with Crippen LogP contribution in [-0.2, 0) is 6.42 Å². The zero-order chi connectivity index (χ0) is 11.7. The Bertz CT molecular complexity index is 374. The van der Waals surface area contributed by atoms with Crippen LogP contribution in [-0.4, -0.2) is 13.1 Å². The fourth-order valence-corrected chi connectivity index (χ4v) is 3.82. The third-order valence-corrected chi connectivity index (χ3v) is 5.17. The zero-order valence-corrected chi connectivity index (χ0v) is 11.8. The summed E-state index contributed by atoms with van der Waals surface area (Å²) < 4.78 is 1.18. The van der Waals surface area contributed by atoms with Crippen LogP contribution < -0.4 is 5.32 Å². The summed E-state index contributed by atoms with van der Waals surface area (Å²) in [7, 11) is 0. The maximum absolute atomic E-state index is 3.51. The van der Waals surface area contributed by atoms with E-state index in [-0.39, 0.29) is 0 Å². The molecule has 0 atom stereocenters. The van der Waals surface area contributed by atoms with Crippen molar-refractivity contribution < 1.29 is 0 Å². The maximum atomic E-state index is 3.51. The largest absolute Gasteiger partial charge is 0.315 e. The van der Waals surface area contributed by atoms with E-state index < -0.39 is 0 Å². The van der Waals surface area contributed by atoms with Gasteiger partial charge < -0.3 is 5.32 Å². The lowest BCUT2D eigenvalue weighted by atomic mass is 9.66. The predicted octanol–water partition coefficient (Wildman–Crippen LogP) is 3.77. The minimum atomic E-state index is 0.574. The van der Waals surface area contributed by atoms with Crippen LogP contribution in [0.5, 0.6) is 0 Å². The Balaban J connectivity index is 1.75.